The molecule has 11 aromatic rings. The van der Waals surface area contributed by atoms with Gasteiger partial charge in [0.15, 0.2) is 5.82 Å². The molecule has 0 N–H and O–H groups in total. The van der Waals surface area contributed by atoms with Crippen molar-refractivity contribution in [2.75, 3.05) is 0 Å². The van der Waals surface area contributed by atoms with Gasteiger partial charge in [0, 0.05) is 61.8 Å². The van der Waals surface area contributed by atoms with Gasteiger partial charge in [0.25, 0.3) is 0 Å². The Balaban J connectivity index is 1.08. The van der Waals surface area contributed by atoms with Crippen LogP contribution in [0, 0.1) is 0 Å². The standard InChI is InChI=1S/C60H42N4/c1-3-15-39(16-4-1)40-27-29-43(30-28-40)54-38-55(62-60(61-54)44-19-5-2-6-20-44)45-35-46(63-56-25-13-11-23-50(56)52-33-31-41-17-7-9-21-48(41)58(52)63)37-47(36-45)64-57-26-14-12-24-51(57)53-34-32-42-18-8-10-22-49(42)59(53)64/h1-9,11-21,23-34,36-38,45H,10,22,35H2. The predicted octanol–water partition coefficient (Wildman–Crippen LogP) is 15.4. The quantitative estimate of drug-likeness (QED) is 0.168. The summed E-state index contributed by atoms with van der Waals surface area (Å²) < 4.78 is 5.12. The fourth-order valence-corrected chi connectivity index (χ4v) is 10.5. The van der Waals surface area contributed by atoms with E-state index < -0.39 is 0 Å². The summed E-state index contributed by atoms with van der Waals surface area (Å²) in [6.45, 7) is 0. The van der Waals surface area contributed by atoms with Crippen molar-refractivity contribution in [3.05, 3.63) is 223 Å². The van der Waals surface area contributed by atoms with Crippen LogP contribution in [-0.2, 0) is 6.42 Å². The van der Waals surface area contributed by atoms with Gasteiger partial charge in [-0.15, -0.1) is 0 Å². The van der Waals surface area contributed by atoms with Crippen LogP contribution in [-0.4, -0.2) is 19.1 Å². The van der Waals surface area contributed by atoms with Crippen LogP contribution in [0.3, 0.4) is 0 Å². The molecule has 0 aliphatic heterocycles. The molecule has 4 heteroatoms. The largest absolute Gasteiger partial charge is 0.312 e. The number of hydrogen-bond donors (Lipinski definition) is 0. The topological polar surface area (TPSA) is 35.6 Å². The zero-order chi connectivity index (χ0) is 42.1. The van der Waals surface area contributed by atoms with Crippen LogP contribution >= 0.6 is 0 Å². The molecule has 0 fully saturated rings. The van der Waals surface area contributed by atoms with Crippen molar-refractivity contribution in [3.63, 3.8) is 0 Å². The summed E-state index contributed by atoms with van der Waals surface area (Å²) in [7, 11) is 0. The van der Waals surface area contributed by atoms with Gasteiger partial charge >= 0.3 is 0 Å². The second kappa shape index (κ2) is 14.8. The minimum Gasteiger partial charge on any atom is -0.312 e. The number of allylic oxidation sites excluding steroid dienone is 5. The molecular formula is C60H42N4. The zero-order valence-electron chi connectivity index (χ0n) is 35.2. The van der Waals surface area contributed by atoms with Crippen LogP contribution in [0.4, 0.5) is 0 Å². The maximum Gasteiger partial charge on any atom is 0.160 e. The van der Waals surface area contributed by atoms with Crippen LogP contribution in [0.25, 0.3) is 106 Å². The average molecular weight is 819 g/mol. The molecule has 0 radical (unpaired) electrons. The van der Waals surface area contributed by atoms with Crippen LogP contribution < -0.4 is 0 Å². The number of para-hydroxylation sites is 2. The molecule has 1 unspecified atom stereocenters. The molecule has 2 aliphatic carbocycles. The van der Waals surface area contributed by atoms with Crippen molar-refractivity contribution < 1.29 is 0 Å². The Bertz CT molecular complexity index is 3730. The Kier molecular flexibility index (Phi) is 8.45. The van der Waals surface area contributed by atoms with Crippen molar-refractivity contribution >= 4 is 71.9 Å². The molecule has 4 nitrogen and oxygen atoms in total. The third-order valence-electron chi connectivity index (χ3n) is 13.5. The molecule has 0 saturated carbocycles. The van der Waals surface area contributed by atoms with Gasteiger partial charge in [0.1, 0.15) is 0 Å². The maximum absolute atomic E-state index is 5.51. The van der Waals surface area contributed by atoms with Crippen LogP contribution in [0.15, 0.2) is 206 Å². The van der Waals surface area contributed by atoms with Crippen molar-refractivity contribution in [1.82, 2.24) is 19.1 Å². The first-order valence-electron chi connectivity index (χ1n) is 22.4. The molecule has 3 aromatic heterocycles. The van der Waals surface area contributed by atoms with Crippen molar-refractivity contribution in [2.24, 2.45) is 0 Å². The minimum absolute atomic E-state index is 0.0790. The van der Waals surface area contributed by atoms with Gasteiger partial charge in [-0.05, 0) is 64.8 Å². The summed E-state index contributed by atoms with van der Waals surface area (Å²) in [6, 6.07) is 68.0. The second-order valence-corrected chi connectivity index (χ2v) is 17.2. The van der Waals surface area contributed by atoms with Gasteiger partial charge in [-0.3, -0.25) is 0 Å². The summed E-state index contributed by atoms with van der Waals surface area (Å²) in [6.07, 6.45) is 12.4. The lowest BCUT2D eigenvalue weighted by atomic mass is 9.91. The Hall–Kier alpha value is -8.08. The molecule has 302 valence electrons. The van der Waals surface area contributed by atoms with E-state index in [0.29, 0.717) is 0 Å². The smallest absolute Gasteiger partial charge is 0.160 e. The summed E-state index contributed by atoms with van der Waals surface area (Å²) in [5, 5.41) is 7.55. The van der Waals surface area contributed by atoms with E-state index in [0.717, 1.165) is 53.3 Å². The Morgan fingerprint density at radius 3 is 1.89 bits per heavy atom. The number of hydrogen-bond acceptors (Lipinski definition) is 2. The summed E-state index contributed by atoms with van der Waals surface area (Å²) in [5.41, 5.74) is 16.4. The maximum atomic E-state index is 5.51. The number of aromatic nitrogens is 4. The highest BCUT2D eigenvalue weighted by molar-refractivity contribution is 6.19. The first-order chi connectivity index (χ1) is 31.7. The van der Waals surface area contributed by atoms with E-state index in [4.69, 9.17) is 9.97 Å². The molecule has 0 bridgehead atoms. The predicted molar refractivity (Wildman–Crippen MR) is 268 cm³/mol. The molecule has 0 spiro atoms. The number of rotatable bonds is 6. The average Bonchev–Trinajstić information content (AvgIpc) is 3.90. The van der Waals surface area contributed by atoms with Gasteiger partial charge in [-0.1, -0.05) is 188 Å². The zero-order valence-corrected chi connectivity index (χ0v) is 35.2. The van der Waals surface area contributed by atoms with E-state index >= 15 is 0 Å². The van der Waals surface area contributed by atoms with E-state index in [1.54, 1.807) is 0 Å². The van der Waals surface area contributed by atoms with Crippen LogP contribution in [0.2, 0.25) is 0 Å². The minimum atomic E-state index is -0.0790. The van der Waals surface area contributed by atoms with Gasteiger partial charge in [-0.2, -0.15) is 0 Å². The fraction of sp³-hybridized carbons (Fsp3) is 0.0667. The third kappa shape index (κ3) is 5.90. The molecule has 0 amide bonds. The first kappa shape index (κ1) is 36.6. The Morgan fingerprint density at radius 2 is 1.11 bits per heavy atom. The monoisotopic (exact) mass is 818 g/mol. The highest BCUT2D eigenvalue weighted by Gasteiger charge is 2.28. The third-order valence-corrected chi connectivity index (χ3v) is 13.5. The molecule has 13 rings (SSSR count). The lowest BCUT2D eigenvalue weighted by Crippen LogP contribution is -2.13. The van der Waals surface area contributed by atoms with Crippen molar-refractivity contribution in [2.45, 2.75) is 25.2 Å². The van der Waals surface area contributed by atoms with Crippen LogP contribution in [0.1, 0.15) is 35.6 Å². The SMILES string of the molecule is C1=Cc2ccc3c4ccccc4n(C4=CC(c5cc(-c6ccc(-c7ccccc7)cc6)nc(-c6ccccc6)n5)CC(n5c6ccccc6c6ccc7ccccc7c65)=C4)c3c2CC1. The van der Waals surface area contributed by atoms with E-state index in [2.05, 4.69) is 221 Å². The second-order valence-electron chi connectivity index (χ2n) is 17.2. The number of aryl methyl sites for hydroxylation is 1. The van der Waals surface area contributed by atoms with Crippen molar-refractivity contribution in [1.29, 1.82) is 0 Å². The van der Waals surface area contributed by atoms with E-state index in [9.17, 15) is 0 Å². The molecule has 0 saturated heterocycles. The molecular weight excluding hydrogens is 777 g/mol. The highest BCUT2D eigenvalue weighted by Crippen LogP contribution is 2.45. The lowest BCUT2D eigenvalue weighted by molar-refractivity contribution is 0.798. The number of nitrogens with zero attached hydrogens (tertiary/aromatic N) is 4. The Morgan fingerprint density at radius 1 is 0.484 bits per heavy atom. The van der Waals surface area contributed by atoms with Crippen molar-refractivity contribution in [3.8, 4) is 33.8 Å². The number of benzene rings is 8. The van der Waals surface area contributed by atoms with Gasteiger partial charge < -0.3 is 9.13 Å². The lowest BCUT2D eigenvalue weighted by Gasteiger charge is -2.26. The number of fused-ring (bicyclic) bond motifs is 10. The van der Waals surface area contributed by atoms with E-state index in [1.165, 1.54) is 82.3 Å². The first-order valence-corrected chi connectivity index (χ1v) is 22.4. The molecule has 3 heterocycles. The molecule has 8 aromatic carbocycles. The Labute approximate surface area is 371 Å². The fourth-order valence-electron chi connectivity index (χ4n) is 10.5. The summed E-state index contributed by atoms with van der Waals surface area (Å²) >= 11 is 0. The van der Waals surface area contributed by atoms with E-state index in [-0.39, 0.29) is 5.92 Å². The van der Waals surface area contributed by atoms with E-state index in [1.807, 2.05) is 0 Å². The molecule has 1 atom stereocenters. The van der Waals surface area contributed by atoms with Gasteiger partial charge in [0.05, 0.1) is 33.5 Å². The summed E-state index contributed by atoms with van der Waals surface area (Å²) in [4.78, 5) is 10.8. The van der Waals surface area contributed by atoms with Crippen LogP contribution in [0.5, 0.6) is 0 Å². The summed E-state index contributed by atoms with van der Waals surface area (Å²) in [5.74, 6) is 0.650. The molecule has 64 heavy (non-hydrogen) atoms. The molecule has 2 aliphatic rings. The normalized spacial score (nSPS) is 15.0. The van der Waals surface area contributed by atoms with Gasteiger partial charge in [-0.25, -0.2) is 9.97 Å². The van der Waals surface area contributed by atoms with Gasteiger partial charge in [0.2, 0.25) is 0 Å². The highest BCUT2D eigenvalue weighted by atomic mass is 15.0.